The molecule has 0 unspecified atom stereocenters. The molecule has 3 fully saturated rings. The van der Waals surface area contributed by atoms with Crippen LogP contribution >= 0.6 is 0 Å². The van der Waals surface area contributed by atoms with Gasteiger partial charge in [-0.15, -0.1) is 10.1 Å². The van der Waals surface area contributed by atoms with Crippen molar-refractivity contribution in [2.45, 2.75) is 56.9 Å². The van der Waals surface area contributed by atoms with Crippen LogP contribution in [0.3, 0.4) is 0 Å². The van der Waals surface area contributed by atoms with Crippen LogP contribution in [-0.2, 0) is 14.9 Å². The van der Waals surface area contributed by atoms with Gasteiger partial charge in [-0.25, -0.2) is 14.1 Å². The highest BCUT2D eigenvalue weighted by atomic mass is 32.3. The molecule has 0 spiro atoms. The van der Waals surface area contributed by atoms with Crippen LogP contribution < -0.4 is 10.2 Å². The van der Waals surface area contributed by atoms with E-state index in [2.05, 4.69) is 21.3 Å². The second kappa shape index (κ2) is 10.7. The minimum Gasteiger partial charge on any atom is -0.370 e. The zero-order chi connectivity index (χ0) is 28.8. The van der Waals surface area contributed by atoms with E-state index in [1.165, 1.54) is 6.07 Å². The number of nitrogens with zero attached hydrogens (tertiary/aromatic N) is 5. The summed E-state index contributed by atoms with van der Waals surface area (Å²) in [7, 11) is -2.53. The molecule has 2 aliphatic carbocycles. The number of pyridine rings is 1. The van der Waals surface area contributed by atoms with Gasteiger partial charge < -0.3 is 14.8 Å². The molecule has 1 aromatic carbocycles. The van der Waals surface area contributed by atoms with E-state index in [0.717, 1.165) is 47.5 Å². The maximum atomic E-state index is 14.9. The van der Waals surface area contributed by atoms with Gasteiger partial charge in [-0.05, 0) is 62.4 Å². The normalized spacial score (nSPS) is 23.8. The average Bonchev–Trinajstić information content (AvgIpc) is 3.67. The first kappa shape index (κ1) is 27.5. The van der Waals surface area contributed by atoms with Crippen molar-refractivity contribution >= 4 is 21.7 Å². The number of carbonyl (C=O) groups is 1. The Labute approximate surface area is 240 Å². The number of nitrogens with one attached hydrogen (secondary N) is 2. The Morgan fingerprint density at radius 1 is 1.20 bits per heavy atom. The van der Waals surface area contributed by atoms with Crippen LogP contribution in [0, 0.1) is 34.8 Å². The van der Waals surface area contributed by atoms with E-state index in [0.29, 0.717) is 43.9 Å². The summed E-state index contributed by atoms with van der Waals surface area (Å²) in [5.41, 5.74) is 3.58. The molecule has 3 aromatic rings. The minimum atomic E-state index is -2.53. The number of anilines is 1. The molecule has 0 radical (unpaired) electrons. The van der Waals surface area contributed by atoms with E-state index < -0.39 is 21.5 Å². The minimum absolute atomic E-state index is 0.103. The van der Waals surface area contributed by atoms with Crippen molar-refractivity contribution in [1.82, 2.24) is 20.1 Å². The second-order valence-corrected chi connectivity index (χ2v) is 14.4. The Hall–Kier alpha value is -3.62. The number of hydrogen-bond acceptors (Lipinski definition) is 6. The van der Waals surface area contributed by atoms with Crippen LogP contribution in [-0.4, -0.2) is 55.4 Å². The molecule has 1 amide bonds. The highest BCUT2D eigenvalue weighted by molar-refractivity contribution is 7.98. The van der Waals surface area contributed by atoms with Gasteiger partial charge in [0, 0.05) is 53.9 Å². The molecule has 2 aromatic heterocycles. The lowest BCUT2D eigenvalue weighted by Gasteiger charge is -2.36. The predicted octanol–water partition coefficient (Wildman–Crippen LogP) is 4.77. The summed E-state index contributed by atoms with van der Waals surface area (Å²) in [6.45, 7) is 3.21. The lowest BCUT2D eigenvalue weighted by molar-refractivity contribution is -0.127. The monoisotopic (exact) mass is 577 g/mol. The first-order valence-electron chi connectivity index (χ1n) is 14.3. The maximum Gasteiger partial charge on any atom is 0.225 e. The standard InChI is InChI=1S/C30H36FN7O2S/c1-20-26(21-8-10-22(11-9-21)37-15-17-41(33,40)18-16-37)27(36-38(20)28-25(31)7-4-14-34-28)23-5-2-3-6-24(23)29(39)35-30(19-32)12-13-30/h4,7-11,14,23-24,41H,2-3,5-6,12-13,15-18H2,1H3,(H2,33,40)(H,35,39)/t23-,24-/m1/s1. The molecule has 0 bridgehead atoms. The zero-order valence-electron chi connectivity index (χ0n) is 23.2. The molecule has 6 rings (SSSR count). The molecule has 216 valence electrons. The third kappa shape index (κ3) is 5.38. The molecule has 2 saturated carbocycles. The molecule has 11 heteroatoms. The Morgan fingerprint density at radius 2 is 1.90 bits per heavy atom. The summed E-state index contributed by atoms with van der Waals surface area (Å²) in [4.78, 5) is 20.0. The summed E-state index contributed by atoms with van der Waals surface area (Å²) in [5, 5.41) is 17.5. The Morgan fingerprint density at radius 3 is 2.56 bits per heavy atom. The number of halogens is 1. The Balaban J connectivity index is 1.39. The van der Waals surface area contributed by atoms with Gasteiger partial charge in [0.1, 0.15) is 5.54 Å². The summed E-state index contributed by atoms with van der Waals surface area (Å²) in [5.74, 6) is 0.0265. The lowest BCUT2D eigenvalue weighted by Crippen LogP contribution is -2.42. The van der Waals surface area contributed by atoms with Crippen molar-refractivity contribution in [1.29, 1.82) is 10.0 Å². The van der Waals surface area contributed by atoms with Gasteiger partial charge in [0.15, 0.2) is 11.6 Å². The van der Waals surface area contributed by atoms with E-state index in [-0.39, 0.29) is 23.6 Å². The van der Waals surface area contributed by atoms with Crippen LogP contribution in [0.2, 0.25) is 0 Å². The summed E-state index contributed by atoms with van der Waals surface area (Å²) < 4.78 is 34.7. The number of thiol groups is 1. The van der Waals surface area contributed by atoms with Gasteiger partial charge in [0.25, 0.3) is 0 Å². The number of hydrogen-bond donors (Lipinski definition) is 4. The molecule has 2 atom stereocenters. The maximum absolute atomic E-state index is 14.9. The zero-order valence-corrected chi connectivity index (χ0v) is 24.1. The third-order valence-electron chi connectivity index (χ3n) is 8.86. The van der Waals surface area contributed by atoms with Crippen LogP contribution in [0.1, 0.15) is 55.8 Å². The molecular weight excluding hydrogens is 541 g/mol. The van der Waals surface area contributed by atoms with Gasteiger partial charge in [-0.2, -0.15) is 10.4 Å². The SMILES string of the molecule is Cc1c(-c2ccc(N3CC[SH](=N)(O)CC3)cc2)c([C@@H]2CCCC[C@H]2C(=O)NC2(C#N)CC2)nn1-c1ncccc1F. The smallest absolute Gasteiger partial charge is 0.225 e. The van der Waals surface area contributed by atoms with E-state index >= 15 is 0 Å². The number of amides is 1. The van der Waals surface area contributed by atoms with Crippen LogP contribution in [0.5, 0.6) is 0 Å². The van der Waals surface area contributed by atoms with Gasteiger partial charge in [-0.1, -0.05) is 25.0 Å². The van der Waals surface area contributed by atoms with Crippen molar-refractivity contribution in [2.75, 3.05) is 29.5 Å². The van der Waals surface area contributed by atoms with E-state index in [9.17, 15) is 19.0 Å². The fourth-order valence-electron chi connectivity index (χ4n) is 6.26. The van der Waals surface area contributed by atoms with Gasteiger partial charge in [0.05, 0.1) is 17.5 Å². The molecule has 3 heterocycles. The van der Waals surface area contributed by atoms with Gasteiger partial charge in [-0.3, -0.25) is 9.57 Å². The summed E-state index contributed by atoms with van der Waals surface area (Å²) in [6.07, 6.45) is 6.27. The average molecular weight is 578 g/mol. The first-order chi connectivity index (χ1) is 19.7. The van der Waals surface area contributed by atoms with Crippen molar-refractivity contribution in [2.24, 2.45) is 5.92 Å². The molecular formula is C30H36FN7O2S. The molecule has 9 nitrogen and oxygen atoms in total. The number of benzene rings is 1. The van der Waals surface area contributed by atoms with E-state index in [1.807, 2.05) is 31.2 Å². The van der Waals surface area contributed by atoms with Gasteiger partial charge >= 0.3 is 0 Å². The highest BCUT2D eigenvalue weighted by Crippen LogP contribution is 2.44. The van der Waals surface area contributed by atoms with Crippen molar-refractivity contribution in [3.05, 3.63) is 59.8 Å². The summed E-state index contributed by atoms with van der Waals surface area (Å²) >= 11 is 0. The fraction of sp³-hybridized carbons (Fsp3) is 0.467. The second-order valence-electron chi connectivity index (χ2n) is 11.7. The predicted molar refractivity (Wildman–Crippen MR) is 158 cm³/mol. The summed E-state index contributed by atoms with van der Waals surface area (Å²) in [6, 6.07) is 13.3. The van der Waals surface area contributed by atoms with E-state index in [1.54, 1.807) is 16.9 Å². The first-order valence-corrected chi connectivity index (χ1v) is 16.5. The lowest BCUT2D eigenvalue weighted by atomic mass is 9.75. The van der Waals surface area contributed by atoms with Crippen LogP contribution in [0.15, 0.2) is 42.6 Å². The largest absolute Gasteiger partial charge is 0.370 e. The van der Waals surface area contributed by atoms with Gasteiger partial charge in [0.2, 0.25) is 5.91 Å². The highest BCUT2D eigenvalue weighted by Gasteiger charge is 2.47. The number of rotatable bonds is 6. The quantitative estimate of drug-likeness (QED) is 0.312. The molecule has 3 aliphatic rings. The van der Waals surface area contributed by atoms with Crippen LogP contribution in [0.25, 0.3) is 16.9 Å². The fourth-order valence-corrected chi connectivity index (χ4v) is 7.63. The molecule has 3 N–H and O–H groups in total. The molecule has 41 heavy (non-hydrogen) atoms. The number of aromatic nitrogens is 3. The van der Waals surface area contributed by atoms with Crippen molar-refractivity contribution in [3.8, 4) is 23.0 Å². The third-order valence-corrected chi connectivity index (χ3v) is 10.7. The molecule has 1 aliphatic heterocycles. The number of nitriles is 1. The Bertz CT molecular complexity index is 1550. The Kier molecular flexibility index (Phi) is 7.16. The molecule has 1 saturated heterocycles. The topological polar surface area (TPSA) is 131 Å². The van der Waals surface area contributed by atoms with Crippen molar-refractivity contribution < 1.29 is 13.7 Å². The van der Waals surface area contributed by atoms with Crippen LogP contribution in [0.4, 0.5) is 10.1 Å². The van der Waals surface area contributed by atoms with E-state index in [4.69, 9.17) is 9.88 Å². The van der Waals surface area contributed by atoms with Crippen molar-refractivity contribution in [3.63, 3.8) is 0 Å². The number of carbonyl (C=O) groups excluding carboxylic acids is 1.